The van der Waals surface area contributed by atoms with Crippen LogP contribution >= 0.6 is 0 Å². The molecule has 3 rings (SSSR count). The Morgan fingerprint density at radius 3 is 2.40 bits per heavy atom. The van der Waals surface area contributed by atoms with Crippen LogP contribution in [0.4, 0.5) is 5.69 Å². The van der Waals surface area contributed by atoms with E-state index in [1.807, 2.05) is 6.07 Å². The molecule has 0 spiro atoms. The zero-order chi connectivity index (χ0) is 17.7. The summed E-state index contributed by atoms with van der Waals surface area (Å²) in [5.74, 6) is -0.186. The van der Waals surface area contributed by atoms with Crippen LogP contribution < -0.4 is 15.4 Å². The molecule has 1 fully saturated rings. The third-order valence-corrected chi connectivity index (χ3v) is 5.48. The average molecular weight is 359 g/mol. The number of amides is 1. The van der Waals surface area contributed by atoms with Crippen LogP contribution in [-0.4, -0.2) is 33.5 Å². The highest BCUT2D eigenvalue weighted by Crippen LogP contribution is 2.16. The molecule has 1 saturated heterocycles. The quantitative estimate of drug-likeness (QED) is 0.762. The van der Waals surface area contributed by atoms with E-state index in [9.17, 15) is 13.2 Å². The lowest BCUT2D eigenvalue weighted by Gasteiger charge is -2.23. The maximum atomic E-state index is 12.4. The predicted octanol–water partition coefficient (Wildman–Crippen LogP) is 1.97. The van der Waals surface area contributed by atoms with Gasteiger partial charge in [-0.1, -0.05) is 18.2 Å². The molecule has 0 unspecified atom stereocenters. The second kappa shape index (κ2) is 7.67. The van der Waals surface area contributed by atoms with E-state index in [1.54, 1.807) is 24.3 Å². The van der Waals surface area contributed by atoms with Crippen molar-refractivity contribution in [3.05, 3.63) is 60.2 Å². The van der Waals surface area contributed by atoms with Crippen LogP contribution in [0.15, 0.2) is 59.5 Å². The van der Waals surface area contributed by atoms with E-state index in [0.29, 0.717) is 11.3 Å². The Hall–Kier alpha value is -2.38. The van der Waals surface area contributed by atoms with Crippen LogP contribution in [-0.2, 0) is 10.0 Å². The van der Waals surface area contributed by atoms with Gasteiger partial charge < -0.3 is 10.6 Å². The zero-order valence-electron chi connectivity index (χ0n) is 13.7. The van der Waals surface area contributed by atoms with Gasteiger partial charge in [-0.3, -0.25) is 9.52 Å². The summed E-state index contributed by atoms with van der Waals surface area (Å²) in [6.07, 6.45) is 1.99. The Morgan fingerprint density at radius 2 is 1.76 bits per heavy atom. The minimum atomic E-state index is -3.67. The molecule has 0 saturated carbocycles. The second-order valence-corrected chi connectivity index (χ2v) is 7.70. The molecule has 3 N–H and O–H groups in total. The van der Waals surface area contributed by atoms with Gasteiger partial charge in [0.05, 0.1) is 4.90 Å². The Labute approximate surface area is 147 Å². The second-order valence-electron chi connectivity index (χ2n) is 6.01. The number of hydrogen-bond acceptors (Lipinski definition) is 4. The van der Waals surface area contributed by atoms with E-state index in [2.05, 4.69) is 15.4 Å². The van der Waals surface area contributed by atoms with Gasteiger partial charge in [-0.05, 0) is 55.8 Å². The Bertz CT molecular complexity index is 814. The number of rotatable bonds is 5. The highest BCUT2D eigenvalue weighted by molar-refractivity contribution is 7.92. The van der Waals surface area contributed by atoms with Gasteiger partial charge in [-0.2, -0.15) is 0 Å². The molecule has 1 amide bonds. The molecular formula is C18H21N3O3S. The van der Waals surface area contributed by atoms with Crippen molar-refractivity contribution in [2.24, 2.45) is 0 Å². The number of carbonyl (C=O) groups is 1. The van der Waals surface area contributed by atoms with Crippen molar-refractivity contribution in [3.8, 4) is 0 Å². The number of nitrogens with one attached hydrogen (secondary N) is 3. The van der Waals surface area contributed by atoms with Crippen molar-refractivity contribution in [3.63, 3.8) is 0 Å². The third kappa shape index (κ3) is 4.58. The molecule has 0 bridgehead atoms. The van der Waals surface area contributed by atoms with Crippen LogP contribution in [0.3, 0.4) is 0 Å². The van der Waals surface area contributed by atoms with E-state index in [0.717, 1.165) is 25.9 Å². The molecule has 1 aliphatic heterocycles. The minimum Gasteiger partial charge on any atom is -0.348 e. The summed E-state index contributed by atoms with van der Waals surface area (Å²) in [6, 6.07) is 14.7. The fourth-order valence-electron chi connectivity index (χ4n) is 2.75. The summed E-state index contributed by atoms with van der Waals surface area (Å²) in [5, 5.41) is 6.21. The van der Waals surface area contributed by atoms with Crippen LogP contribution in [0.5, 0.6) is 0 Å². The molecule has 1 atom stereocenters. The standard InChI is InChI=1S/C18H21N3O3S/c22-18(20-16-7-4-12-19-13-16)14-8-10-17(11-9-14)25(23,24)21-15-5-2-1-3-6-15/h1-3,5-6,8-11,16,19,21H,4,7,12-13H2,(H,20,22)/t16-/m0/s1. The van der Waals surface area contributed by atoms with Gasteiger partial charge in [0, 0.05) is 23.8 Å². The monoisotopic (exact) mass is 359 g/mol. The molecule has 1 aliphatic rings. The Morgan fingerprint density at radius 1 is 1.04 bits per heavy atom. The largest absolute Gasteiger partial charge is 0.348 e. The lowest BCUT2D eigenvalue weighted by molar-refractivity contribution is 0.0930. The molecular weight excluding hydrogens is 338 g/mol. The molecule has 0 radical (unpaired) electrons. The minimum absolute atomic E-state index is 0.115. The average Bonchev–Trinajstić information content (AvgIpc) is 2.63. The van der Waals surface area contributed by atoms with Crippen LogP contribution in [0.25, 0.3) is 0 Å². The summed E-state index contributed by atoms with van der Waals surface area (Å²) < 4.78 is 27.3. The maximum absolute atomic E-state index is 12.4. The fourth-order valence-corrected chi connectivity index (χ4v) is 3.81. The first-order chi connectivity index (χ1) is 12.0. The molecule has 6 nitrogen and oxygen atoms in total. The molecule has 0 aliphatic carbocycles. The smallest absolute Gasteiger partial charge is 0.261 e. The van der Waals surface area contributed by atoms with Crippen LogP contribution in [0, 0.1) is 0 Å². The van der Waals surface area contributed by atoms with Gasteiger partial charge in [0.1, 0.15) is 0 Å². The number of piperidine rings is 1. The first kappa shape index (κ1) is 17.4. The first-order valence-corrected chi connectivity index (χ1v) is 9.72. The first-order valence-electron chi connectivity index (χ1n) is 8.24. The highest BCUT2D eigenvalue weighted by Gasteiger charge is 2.18. The van der Waals surface area contributed by atoms with E-state index >= 15 is 0 Å². The number of hydrogen-bond donors (Lipinski definition) is 3. The Kier molecular flexibility index (Phi) is 5.35. The SMILES string of the molecule is O=C(N[C@H]1CCCNC1)c1ccc(S(=O)(=O)Nc2ccccc2)cc1. The third-order valence-electron chi connectivity index (χ3n) is 4.08. The van der Waals surface area contributed by atoms with E-state index < -0.39 is 10.0 Å². The number of para-hydroxylation sites is 1. The molecule has 25 heavy (non-hydrogen) atoms. The molecule has 0 aromatic heterocycles. The van der Waals surface area contributed by atoms with E-state index in [4.69, 9.17) is 0 Å². The van der Waals surface area contributed by atoms with Crippen LogP contribution in [0.2, 0.25) is 0 Å². The fraction of sp³-hybridized carbons (Fsp3) is 0.278. The van der Waals surface area contributed by atoms with E-state index in [1.165, 1.54) is 24.3 Å². The van der Waals surface area contributed by atoms with Crippen molar-refractivity contribution in [2.75, 3.05) is 17.8 Å². The molecule has 132 valence electrons. The van der Waals surface area contributed by atoms with Gasteiger partial charge in [0.15, 0.2) is 0 Å². The van der Waals surface area contributed by atoms with Crippen molar-refractivity contribution in [1.29, 1.82) is 0 Å². The normalized spacial score (nSPS) is 17.7. The number of sulfonamides is 1. The van der Waals surface area contributed by atoms with Crippen molar-refractivity contribution in [2.45, 2.75) is 23.8 Å². The van der Waals surface area contributed by atoms with Crippen molar-refractivity contribution >= 4 is 21.6 Å². The molecule has 7 heteroatoms. The summed E-state index contributed by atoms with van der Waals surface area (Å²) in [6.45, 7) is 1.74. The molecule has 2 aromatic carbocycles. The zero-order valence-corrected chi connectivity index (χ0v) is 14.6. The summed E-state index contributed by atoms with van der Waals surface area (Å²) >= 11 is 0. The topological polar surface area (TPSA) is 87.3 Å². The predicted molar refractivity (Wildman–Crippen MR) is 97.1 cm³/mol. The summed E-state index contributed by atoms with van der Waals surface area (Å²) in [7, 11) is -3.67. The summed E-state index contributed by atoms with van der Waals surface area (Å²) in [4.78, 5) is 12.4. The van der Waals surface area contributed by atoms with Gasteiger partial charge in [0.2, 0.25) is 0 Å². The van der Waals surface area contributed by atoms with Gasteiger partial charge in [0.25, 0.3) is 15.9 Å². The van der Waals surface area contributed by atoms with Crippen molar-refractivity contribution < 1.29 is 13.2 Å². The van der Waals surface area contributed by atoms with Gasteiger partial charge in [-0.15, -0.1) is 0 Å². The lowest BCUT2D eigenvalue weighted by atomic mass is 10.1. The Balaban J connectivity index is 1.67. The van der Waals surface area contributed by atoms with Gasteiger partial charge in [-0.25, -0.2) is 8.42 Å². The summed E-state index contributed by atoms with van der Waals surface area (Å²) in [5.41, 5.74) is 0.943. The molecule has 2 aromatic rings. The van der Waals surface area contributed by atoms with Crippen LogP contribution in [0.1, 0.15) is 23.2 Å². The maximum Gasteiger partial charge on any atom is 0.261 e. The van der Waals surface area contributed by atoms with Crippen molar-refractivity contribution in [1.82, 2.24) is 10.6 Å². The lowest BCUT2D eigenvalue weighted by Crippen LogP contribution is -2.45. The number of carbonyl (C=O) groups excluding carboxylic acids is 1. The van der Waals surface area contributed by atoms with E-state index in [-0.39, 0.29) is 16.8 Å². The van der Waals surface area contributed by atoms with Gasteiger partial charge >= 0.3 is 0 Å². The number of anilines is 1. The number of benzene rings is 2. The molecule has 1 heterocycles. The highest BCUT2D eigenvalue weighted by atomic mass is 32.2.